The van der Waals surface area contributed by atoms with E-state index in [9.17, 15) is 9.90 Å². The first kappa shape index (κ1) is 27.5. The van der Waals surface area contributed by atoms with Crippen LogP contribution in [0.1, 0.15) is 117 Å². The molecule has 0 aliphatic rings. The minimum Gasteiger partial charge on any atom is -0.505 e. The van der Waals surface area contributed by atoms with E-state index in [-0.39, 0.29) is 22.5 Å². The van der Waals surface area contributed by atoms with Crippen LogP contribution in [-0.4, -0.2) is 24.7 Å². The van der Waals surface area contributed by atoms with Crippen LogP contribution in [0, 0.1) is 0 Å². The third kappa shape index (κ3) is 10.5. The van der Waals surface area contributed by atoms with Gasteiger partial charge in [0.15, 0.2) is 0 Å². The summed E-state index contributed by atoms with van der Waals surface area (Å²) >= 11 is 0. The predicted octanol–water partition coefficient (Wildman–Crippen LogP) is 7.47. The highest BCUT2D eigenvalue weighted by atomic mass is 16.5. The van der Waals surface area contributed by atoms with Crippen LogP contribution in [0.4, 0.5) is 5.69 Å². The number of hydrogen-bond donors (Lipinski definition) is 2. The number of hydrogen-bond acceptors (Lipinski definition) is 3. The maximum absolute atomic E-state index is 12.5. The summed E-state index contributed by atoms with van der Waals surface area (Å²) in [4.78, 5) is 12.5. The van der Waals surface area contributed by atoms with E-state index in [4.69, 9.17) is 4.74 Å². The van der Waals surface area contributed by atoms with Crippen molar-refractivity contribution < 1.29 is 14.6 Å². The van der Waals surface area contributed by atoms with Gasteiger partial charge in [0.2, 0.25) is 5.91 Å². The summed E-state index contributed by atoms with van der Waals surface area (Å²) in [5.74, 6) is 0.179. The van der Waals surface area contributed by atoms with Gasteiger partial charge in [0, 0.05) is 25.7 Å². The number of phenols is 1. The smallest absolute Gasteiger partial charge is 0.224 e. The number of carbonyl (C=O) groups excluding carboxylic acids is 1. The lowest BCUT2D eigenvalue weighted by atomic mass is 9.79. The van der Waals surface area contributed by atoms with E-state index >= 15 is 0 Å². The summed E-state index contributed by atoms with van der Waals surface area (Å²) in [5.41, 5.74) is 2.27. The monoisotopic (exact) mass is 433 g/mol. The molecule has 0 bridgehead atoms. The van der Waals surface area contributed by atoms with Crippen LogP contribution < -0.4 is 5.32 Å². The van der Waals surface area contributed by atoms with E-state index in [0.717, 1.165) is 37.0 Å². The van der Waals surface area contributed by atoms with Crippen molar-refractivity contribution >= 4 is 11.6 Å². The van der Waals surface area contributed by atoms with Crippen molar-refractivity contribution in [1.82, 2.24) is 0 Å². The van der Waals surface area contributed by atoms with Gasteiger partial charge in [0.05, 0.1) is 5.69 Å². The first-order valence-electron chi connectivity index (χ1n) is 12.1. The summed E-state index contributed by atoms with van der Waals surface area (Å²) in [5, 5.41) is 13.8. The third-order valence-electron chi connectivity index (χ3n) is 5.81. The molecule has 1 aromatic carbocycles. The number of nitrogens with one attached hydrogen (secondary N) is 1. The summed E-state index contributed by atoms with van der Waals surface area (Å²) in [6.07, 6.45) is 11.2. The van der Waals surface area contributed by atoms with Crippen LogP contribution in [-0.2, 0) is 20.4 Å². The number of rotatable bonds is 13. The lowest BCUT2D eigenvalue weighted by molar-refractivity contribution is -0.116. The maximum atomic E-state index is 12.5. The topological polar surface area (TPSA) is 58.6 Å². The molecule has 0 atom stereocenters. The zero-order chi connectivity index (χ0) is 23.5. The fourth-order valence-corrected chi connectivity index (χ4v) is 3.72. The summed E-state index contributed by atoms with van der Waals surface area (Å²) < 4.78 is 5.07. The van der Waals surface area contributed by atoms with Crippen molar-refractivity contribution in [1.29, 1.82) is 0 Å². The molecule has 0 radical (unpaired) electrons. The lowest BCUT2D eigenvalue weighted by Gasteiger charge is -2.27. The van der Waals surface area contributed by atoms with Crippen molar-refractivity contribution in [3.63, 3.8) is 0 Å². The highest BCUT2D eigenvalue weighted by Crippen LogP contribution is 2.40. The van der Waals surface area contributed by atoms with Crippen molar-refractivity contribution in [3.8, 4) is 5.75 Å². The van der Waals surface area contributed by atoms with Gasteiger partial charge in [0.1, 0.15) is 5.75 Å². The molecule has 0 aliphatic carbocycles. The first-order valence-corrected chi connectivity index (χ1v) is 12.1. The molecule has 0 saturated heterocycles. The van der Waals surface area contributed by atoms with Gasteiger partial charge in [0.25, 0.3) is 0 Å². The number of methoxy groups -OCH3 is 1. The van der Waals surface area contributed by atoms with Crippen LogP contribution in [0.15, 0.2) is 12.1 Å². The van der Waals surface area contributed by atoms with Crippen molar-refractivity contribution in [2.75, 3.05) is 19.0 Å². The van der Waals surface area contributed by atoms with Crippen molar-refractivity contribution in [3.05, 3.63) is 23.3 Å². The van der Waals surface area contributed by atoms with Gasteiger partial charge >= 0.3 is 0 Å². The minimum atomic E-state index is -0.200. The Labute approximate surface area is 191 Å². The second-order valence-electron chi connectivity index (χ2n) is 10.9. The molecule has 0 spiro atoms. The Morgan fingerprint density at radius 3 is 1.84 bits per heavy atom. The molecule has 0 aliphatic heterocycles. The van der Waals surface area contributed by atoms with Gasteiger partial charge in [-0.1, -0.05) is 92.6 Å². The molecule has 0 fully saturated rings. The number of amides is 1. The van der Waals surface area contributed by atoms with Crippen LogP contribution >= 0.6 is 0 Å². The number of ether oxygens (including phenoxy) is 1. The van der Waals surface area contributed by atoms with Crippen LogP contribution in [0.25, 0.3) is 0 Å². The second-order valence-corrected chi connectivity index (χ2v) is 10.9. The molecule has 4 heteroatoms. The van der Waals surface area contributed by atoms with E-state index in [1.165, 1.54) is 38.5 Å². The fourth-order valence-electron chi connectivity index (χ4n) is 3.72. The second kappa shape index (κ2) is 13.1. The van der Waals surface area contributed by atoms with Crippen molar-refractivity contribution in [2.24, 2.45) is 0 Å². The van der Waals surface area contributed by atoms with Crippen LogP contribution in [0.3, 0.4) is 0 Å². The number of unbranched alkanes of at least 4 members (excludes halogenated alkanes) is 8. The van der Waals surface area contributed by atoms with Crippen molar-refractivity contribution in [2.45, 2.75) is 117 Å². The number of benzene rings is 1. The Kier molecular flexibility index (Phi) is 11.6. The fraction of sp³-hybridized carbons (Fsp3) is 0.741. The Morgan fingerprint density at radius 2 is 1.35 bits per heavy atom. The number of carbonyl (C=O) groups is 1. The zero-order valence-corrected chi connectivity index (χ0v) is 21.2. The Morgan fingerprint density at radius 1 is 0.839 bits per heavy atom. The highest BCUT2D eigenvalue weighted by Gasteiger charge is 2.25. The van der Waals surface area contributed by atoms with E-state index in [2.05, 4.69) is 52.9 Å². The molecule has 0 heterocycles. The van der Waals surface area contributed by atoms with E-state index in [1.54, 1.807) is 7.11 Å². The molecule has 0 aromatic heterocycles. The van der Waals surface area contributed by atoms with Gasteiger partial charge in [-0.05, 0) is 35.3 Å². The van der Waals surface area contributed by atoms with Gasteiger partial charge in [-0.25, -0.2) is 0 Å². The molecule has 1 aromatic rings. The first-order chi connectivity index (χ1) is 14.5. The number of phenolic OH excluding ortho intramolecular Hbond substituents is 1. The largest absolute Gasteiger partial charge is 0.505 e. The Hall–Kier alpha value is -1.55. The van der Waals surface area contributed by atoms with E-state index in [0.29, 0.717) is 12.1 Å². The van der Waals surface area contributed by atoms with Gasteiger partial charge < -0.3 is 15.2 Å². The highest BCUT2D eigenvalue weighted by molar-refractivity contribution is 5.92. The standard InChI is InChI=1S/C27H47NO3/c1-26(2,3)21-19-22(27(4,5)6)25(30)23(20-21)28-24(29)17-15-13-11-9-8-10-12-14-16-18-31-7/h19-20,30H,8-18H2,1-7H3,(H,28,29). The number of anilines is 1. The number of aromatic hydroxyl groups is 1. The lowest BCUT2D eigenvalue weighted by Crippen LogP contribution is -2.19. The minimum absolute atomic E-state index is 0.0145. The average molecular weight is 434 g/mol. The van der Waals surface area contributed by atoms with Crippen LogP contribution in [0.5, 0.6) is 5.75 Å². The molecular weight excluding hydrogens is 386 g/mol. The average Bonchev–Trinajstić information content (AvgIpc) is 2.65. The van der Waals surface area contributed by atoms with E-state index < -0.39 is 0 Å². The summed E-state index contributed by atoms with van der Waals surface area (Å²) in [6, 6.07) is 4.00. The molecular formula is C27H47NO3. The normalized spacial score (nSPS) is 12.2. The molecule has 178 valence electrons. The predicted molar refractivity (Wildman–Crippen MR) is 132 cm³/mol. The van der Waals surface area contributed by atoms with Gasteiger partial charge in [-0.15, -0.1) is 0 Å². The van der Waals surface area contributed by atoms with Gasteiger partial charge in [-0.3, -0.25) is 4.79 Å². The molecule has 1 amide bonds. The van der Waals surface area contributed by atoms with Gasteiger partial charge in [-0.2, -0.15) is 0 Å². The Balaban J connectivity index is 2.46. The Bertz CT molecular complexity index is 668. The maximum Gasteiger partial charge on any atom is 0.224 e. The summed E-state index contributed by atoms with van der Waals surface area (Å²) in [7, 11) is 1.76. The molecule has 2 N–H and O–H groups in total. The SMILES string of the molecule is COCCCCCCCCCCCC(=O)Nc1cc(C(C)(C)C)cc(C(C)(C)C)c1O. The zero-order valence-electron chi connectivity index (χ0n) is 21.2. The molecule has 1 rings (SSSR count). The summed E-state index contributed by atoms with van der Waals surface area (Å²) in [6.45, 7) is 13.6. The molecule has 0 saturated carbocycles. The third-order valence-corrected chi connectivity index (χ3v) is 5.81. The molecule has 31 heavy (non-hydrogen) atoms. The molecule has 4 nitrogen and oxygen atoms in total. The quantitative estimate of drug-likeness (QED) is 0.250. The van der Waals surface area contributed by atoms with Crippen LogP contribution in [0.2, 0.25) is 0 Å². The van der Waals surface area contributed by atoms with E-state index in [1.807, 2.05) is 6.07 Å². The molecule has 0 unspecified atom stereocenters.